The molecule has 0 aliphatic rings. The maximum Gasteiger partial charge on any atom is 0.242 e. The molecule has 0 fully saturated rings. The first-order valence-corrected chi connectivity index (χ1v) is 14.6. The van der Waals surface area contributed by atoms with Crippen LogP contribution in [-0.4, -0.2) is 50.5 Å². The molecule has 0 radical (unpaired) electrons. The van der Waals surface area contributed by atoms with E-state index in [-0.39, 0.29) is 43.7 Å². The van der Waals surface area contributed by atoms with Crippen molar-refractivity contribution >= 4 is 50.7 Å². The van der Waals surface area contributed by atoms with Gasteiger partial charge in [0.1, 0.15) is 6.04 Å². The average Bonchev–Trinajstić information content (AvgIpc) is 2.81. The first-order valence-electron chi connectivity index (χ1n) is 12.0. The SMILES string of the molecule is CC[C@H](C(=O)NCC(C)C)N(Cc1ccc(Cl)cc1Cl)C(=O)CCCN(c1ccccc1)S(C)(=O)=O. The van der Waals surface area contributed by atoms with E-state index in [4.69, 9.17) is 23.2 Å². The predicted molar refractivity (Wildman–Crippen MR) is 147 cm³/mol. The van der Waals surface area contributed by atoms with E-state index in [1.54, 1.807) is 42.5 Å². The zero-order valence-electron chi connectivity index (χ0n) is 21.2. The molecule has 36 heavy (non-hydrogen) atoms. The summed E-state index contributed by atoms with van der Waals surface area (Å²) in [6.07, 6.45) is 1.91. The molecule has 198 valence electrons. The third-order valence-corrected chi connectivity index (χ3v) is 7.40. The monoisotopic (exact) mass is 555 g/mol. The number of benzene rings is 2. The van der Waals surface area contributed by atoms with Crippen molar-refractivity contribution < 1.29 is 18.0 Å². The number of nitrogens with one attached hydrogen (secondary N) is 1. The molecule has 1 N–H and O–H groups in total. The van der Waals surface area contributed by atoms with Gasteiger partial charge in [0.05, 0.1) is 11.9 Å². The number of carbonyl (C=O) groups is 2. The quantitative estimate of drug-likeness (QED) is 0.371. The fourth-order valence-electron chi connectivity index (χ4n) is 3.77. The Morgan fingerprint density at radius 2 is 1.72 bits per heavy atom. The molecule has 0 saturated heterocycles. The van der Waals surface area contributed by atoms with Crippen LogP contribution in [0.15, 0.2) is 48.5 Å². The Hall–Kier alpha value is -2.29. The Kier molecular flexibility index (Phi) is 11.5. The molecular weight excluding hydrogens is 521 g/mol. The highest BCUT2D eigenvalue weighted by Crippen LogP contribution is 2.24. The Labute approximate surface area is 224 Å². The van der Waals surface area contributed by atoms with E-state index in [1.165, 1.54) is 9.21 Å². The van der Waals surface area contributed by atoms with Gasteiger partial charge in [0.25, 0.3) is 0 Å². The number of amides is 2. The minimum Gasteiger partial charge on any atom is -0.354 e. The molecule has 7 nitrogen and oxygen atoms in total. The smallest absolute Gasteiger partial charge is 0.242 e. The number of para-hydroxylation sites is 1. The minimum absolute atomic E-state index is 0.0675. The number of sulfonamides is 1. The largest absolute Gasteiger partial charge is 0.354 e. The van der Waals surface area contributed by atoms with Crippen molar-refractivity contribution in [2.24, 2.45) is 5.92 Å². The van der Waals surface area contributed by atoms with E-state index in [2.05, 4.69) is 5.32 Å². The lowest BCUT2D eigenvalue weighted by atomic mass is 10.1. The summed E-state index contributed by atoms with van der Waals surface area (Å²) < 4.78 is 26.0. The van der Waals surface area contributed by atoms with Crippen molar-refractivity contribution in [3.63, 3.8) is 0 Å². The van der Waals surface area contributed by atoms with Gasteiger partial charge in [0.2, 0.25) is 21.8 Å². The zero-order valence-corrected chi connectivity index (χ0v) is 23.5. The fraction of sp³-hybridized carbons (Fsp3) is 0.462. The normalized spacial score (nSPS) is 12.3. The second-order valence-corrected chi connectivity index (χ2v) is 11.8. The number of carbonyl (C=O) groups excluding carboxylic acids is 2. The van der Waals surface area contributed by atoms with Crippen molar-refractivity contribution in [1.29, 1.82) is 0 Å². The maximum atomic E-state index is 13.4. The van der Waals surface area contributed by atoms with Crippen LogP contribution in [0.3, 0.4) is 0 Å². The van der Waals surface area contributed by atoms with E-state index in [0.29, 0.717) is 34.3 Å². The van der Waals surface area contributed by atoms with Crippen LogP contribution in [0.2, 0.25) is 10.0 Å². The lowest BCUT2D eigenvalue weighted by Gasteiger charge is -2.31. The van der Waals surface area contributed by atoms with Crippen LogP contribution in [0.1, 0.15) is 45.6 Å². The molecule has 0 bridgehead atoms. The van der Waals surface area contributed by atoms with E-state index in [9.17, 15) is 18.0 Å². The summed E-state index contributed by atoms with van der Waals surface area (Å²) in [4.78, 5) is 28.0. The van der Waals surface area contributed by atoms with Gasteiger partial charge in [-0.15, -0.1) is 0 Å². The van der Waals surface area contributed by atoms with Gasteiger partial charge in [-0.25, -0.2) is 8.42 Å². The molecule has 2 aromatic carbocycles. The molecule has 0 aliphatic heterocycles. The minimum atomic E-state index is -3.53. The predicted octanol–water partition coefficient (Wildman–Crippen LogP) is 5.12. The molecular formula is C26H35Cl2N3O4S. The summed E-state index contributed by atoms with van der Waals surface area (Å²) in [6.45, 7) is 6.62. The highest BCUT2D eigenvalue weighted by molar-refractivity contribution is 7.92. The lowest BCUT2D eigenvalue weighted by molar-refractivity contribution is -0.141. The lowest BCUT2D eigenvalue weighted by Crippen LogP contribution is -2.49. The Morgan fingerprint density at radius 1 is 1.06 bits per heavy atom. The Balaban J connectivity index is 2.23. The third-order valence-electron chi connectivity index (χ3n) is 5.62. The van der Waals surface area contributed by atoms with Gasteiger partial charge in [0.15, 0.2) is 0 Å². The number of anilines is 1. The number of halogens is 2. The molecule has 2 rings (SSSR count). The molecule has 0 saturated carbocycles. The summed E-state index contributed by atoms with van der Waals surface area (Å²) in [7, 11) is -3.53. The van der Waals surface area contributed by atoms with Crippen molar-refractivity contribution in [3.8, 4) is 0 Å². The van der Waals surface area contributed by atoms with Crippen LogP contribution >= 0.6 is 23.2 Å². The number of hydrogen-bond acceptors (Lipinski definition) is 4. The Morgan fingerprint density at radius 3 is 2.28 bits per heavy atom. The molecule has 0 aromatic heterocycles. The molecule has 10 heteroatoms. The molecule has 0 heterocycles. The fourth-order valence-corrected chi connectivity index (χ4v) is 5.21. The van der Waals surface area contributed by atoms with E-state index in [0.717, 1.165) is 6.26 Å². The number of hydrogen-bond donors (Lipinski definition) is 1. The van der Waals surface area contributed by atoms with Crippen LogP contribution in [0.25, 0.3) is 0 Å². The number of rotatable bonds is 13. The number of nitrogens with zero attached hydrogens (tertiary/aromatic N) is 2. The van der Waals surface area contributed by atoms with Crippen molar-refractivity contribution in [2.45, 2.75) is 52.6 Å². The van der Waals surface area contributed by atoms with Crippen LogP contribution in [0.4, 0.5) is 5.69 Å². The standard InChI is InChI=1S/C26H35Cl2N3O4S/c1-5-24(26(33)29-17-19(2)3)30(18-20-13-14-21(27)16-23(20)28)25(32)12-9-15-31(36(4,34)35)22-10-7-6-8-11-22/h6-8,10-11,13-14,16,19,24H,5,9,12,15,17-18H2,1-4H3,(H,29,33)/t24-/m1/s1. The van der Waals surface area contributed by atoms with Crippen LogP contribution in [-0.2, 0) is 26.2 Å². The van der Waals surface area contributed by atoms with Gasteiger partial charge < -0.3 is 10.2 Å². The molecule has 1 atom stereocenters. The summed E-state index contributed by atoms with van der Waals surface area (Å²) in [5.74, 6) is -0.220. The van der Waals surface area contributed by atoms with Crippen molar-refractivity contribution in [2.75, 3.05) is 23.7 Å². The molecule has 2 amide bonds. The molecule has 0 aliphatic carbocycles. The Bertz CT molecular complexity index is 1130. The van der Waals surface area contributed by atoms with Gasteiger partial charge in [-0.1, -0.05) is 68.2 Å². The summed E-state index contributed by atoms with van der Waals surface area (Å²) in [5.41, 5.74) is 1.21. The van der Waals surface area contributed by atoms with Gasteiger partial charge in [0, 0.05) is 36.1 Å². The summed E-state index contributed by atoms with van der Waals surface area (Å²) in [6, 6.07) is 13.1. The van der Waals surface area contributed by atoms with E-state index < -0.39 is 16.1 Å². The topological polar surface area (TPSA) is 86.8 Å². The van der Waals surface area contributed by atoms with Crippen LogP contribution < -0.4 is 9.62 Å². The van der Waals surface area contributed by atoms with Gasteiger partial charge in [-0.05, 0) is 48.6 Å². The van der Waals surface area contributed by atoms with Gasteiger partial charge in [-0.3, -0.25) is 13.9 Å². The molecule has 0 unspecified atom stereocenters. The average molecular weight is 557 g/mol. The van der Waals surface area contributed by atoms with Crippen molar-refractivity contribution in [3.05, 3.63) is 64.1 Å². The molecule has 0 spiro atoms. The van der Waals surface area contributed by atoms with Gasteiger partial charge in [-0.2, -0.15) is 0 Å². The summed E-state index contributed by atoms with van der Waals surface area (Å²) in [5, 5.41) is 3.80. The highest BCUT2D eigenvalue weighted by atomic mass is 35.5. The maximum absolute atomic E-state index is 13.4. The molecule has 2 aromatic rings. The first-order chi connectivity index (χ1) is 16.9. The third kappa shape index (κ3) is 8.98. The van der Waals surface area contributed by atoms with Crippen LogP contribution in [0.5, 0.6) is 0 Å². The zero-order chi connectivity index (χ0) is 26.9. The second kappa shape index (κ2) is 13.9. The van der Waals surface area contributed by atoms with E-state index in [1.807, 2.05) is 26.8 Å². The first kappa shape index (κ1) is 29.9. The van der Waals surface area contributed by atoms with E-state index >= 15 is 0 Å². The van der Waals surface area contributed by atoms with Crippen molar-refractivity contribution in [1.82, 2.24) is 10.2 Å². The second-order valence-electron chi connectivity index (χ2n) is 9.09. The van der Waals surface area contributed by atoms with Crippen LogP contribution in [0, 0.1) is 5.92 Å². The summed E-state index contributed by atoms with van der Waals surface area (Å²) >= 11 is 12.4. The van der Waals surface area contributed by atoms with Gasteiger partial charge >= 0.3 is 0 Å². The highest BCUT2D eigenvalue weighted by Gasteiger charge is 2.29.